The summed E-state index contributed by atoms with van der Waals surface area (Å²) in [5, 5.41) is 6.66. The van der Waals surface area contributed by atoms with Crippen LogP contribution in [0.2, 0.25) is 0 Å². The Hall–Kier alpha value is -2.14. The number of H-pyrrole nitrogens is 1. The lowest BCUT2D eigenvalue weighted by molar-refractivity contribution is -0.125. The first-order chi connectivity index (χ1) is 9.65. The van der Waals surface area contributed by atoms with Gasteiger partial charge in [0.25, 0.3) is 0 Å². The molecule has 1 amide bonds. The lowest BCUT2D eigenvalue weighted by Gasteiger charge is -2.16. The second-order valence-electron chi connectivity index (χ2n) is 4.83. The van der Waals surface area contributed by atoms with Gasteiger partial charge in [-0.2, -0.15) is 0 Å². The number of fused-ring (bicyclic) bond motifs is 1. The molecule has 1 heterocycles. The molecule has 2 aromatic rings. The van der Waals surface area contributed by atoms with Gasteiger partial charge in [0.15, 0.2) is 0 Å². The highest BCUT2D eigenvalue weighted by Crippen LogP contribution is 2.18. The zero-order chi connectivity index (χ0) is 14.5. The smallest absolute Gasteiger partial charge is 0.237 e. The third kappa shape index (κ3) is 3.05. The van der Waals surface area contributed by atoms with Crippen LogP contribution in [0.4, 0.5) is 0 Å². The molecule has 20 heavy (non-hydrogen) atoms. The number of para-hydroxylation sites is 1. The highest BCUT2D eigenvalue weighted by molar-refractivity contribution is 5.86. The number of aromatic amines is 1. The summed E-state index contributed by atoms with van der Waals surface area (Å²) in [5.74, 6) is -0.176. The molecule has 1 aromatic carbocycles. The van der Waals surface area contributed by atoms with Crippen molar-refractivity contribution >= 4 is 23.1 Å². The maximum atomic E-state index is 11.8. The Morgan fingerprint density at radius 2 is 2.15 bits per heavy atom. The number of likely N-dealkylation sites (N-methyl/N-ethyl adjacent to an activating group) is 1. The normalized spacial score (nSPS) is 13.9. The van der Waals surface area contributed by atoms with E-state index in [9.17, 15) is 9.59 Å². The molecular weight excluding hydrogens is 254 g/mol. The second kappa shape index (κ2) is 6.34. The maximum absolute atomic E-state index is 11.8. The highest BCUT2D eigenvalue weighted by Gasteiger charge is 2.17. The van der Waals surface area contributed by atoms with E-state index in [1.165, 1.54) is 0 Å². The zero-order valence-corrected chi connectivity index (χ0v) is 11.6. The number of aromatic nitrogens is 1. The zero-order valence-electron chi connectivity index (χ0n) is 11.6. The molecule has 1 aromatic heterocycles. The first kappa shape index (κ1) is 14.3. The Labute approximate surface area is 117 Å². The number of aldehydes is 1. The fraction of sp³-hybridized carbons (Fsp3) is 0.333. The van der Waals surface area contributed by atoms with Crippen molar-refractivity contribution in [3.63, 3.8) is 0 Å². The summed E-state index contributed by atoms with van der Waals surface area (Å²) >= 11 is 0. The van der Waals surface area contributed by atoms with Gasteiger partial charge in [-0.05, 0) is 25.6 Å². The van der Waals surface area contributed by atoms with E-state index in [0.717, 1.165) is 22.8 Å². The predicted octanol–water partition coefficient (Wildman–Crippen LogP) is 1.00. The van der Waals surface area contributed by atoms with Gasteiger partial charge in [-0.3, -0.25) is 4.79 Å². The van der Waals surface area contributed by atoms with E-state index >= 15 is 0 Å². The second-order valence-corrected chi connectivity index (χ2v) is 4.83. The number of amides is 1. The number of rotatable bonds is 6. The van der Waals surface area contributed by atoms with Crippen molar-refractivity contribution in [2.75, 3.05) is 7.05 Å². The Bertz CT molecular complexity index is 606. The van der Waals surface area contributed by atoms with Crippen molar-refractivity contribution < 1.29 is 9.59 Å². The minimum absolute atomic E-state index is 0.176. The van der Waals surface area contributed by atoms with Crippen LogP contribution >= 0.6 is 0 Å². The van der Waals surface area contributed by atoms with Crippen molar-refractivity contribution in [1.29, 1.82) is 0 Å². The number of hydrogen-bond acceptors (Lipinski definition) is 3. The average molecular weight is 273 g/mol. The van der Waals surface area contributed by atoms with Crippen LogP contribution in [0.3, 0.4) is 0 Å². The van der Waals surface area contributed by atoms with Crippen LogP contribution in [0.1, 0.15) is 12.5 Å². The number of carbonyl (C=O) groups excluding carboxylic acids is 2. The molecule has 0 radical (unpaired) electrons. The Morgan fingerprint density at radius 1 is 1.40 bits per heavy atom. The van der Waals surface area contributed by atoms with Gasteiger partial charge in [0.1, 0.15) is 6.29 Å². The summed E-state index contributed by atoms with van der Waals surface area (Å²) in [6.45, 7) is 1.75. The van der Waals surface area contributed by atoms with Gasteiger partial charge in [-0.15, -0.1) is 0 Å². The van der Waals surface area contributed by atoms with E-state index in [-0.39, 0.29) is 11.9 Å². The number of carbonyl (C=O) groups is 2. The molecule has 0 aliphatic heterocycles. The molecule has 3 N–H and O–H groups in total. The molecule has 0 fully saturated rings. The van der Waals surface area contributed by atoms with E-state index < -0.39 is 6.04 Å². The highest BCUT2D eigenvalue weighted by atomic mass is 16.2. The fourth-order valence-electron chi connectivity index (χ4n) is 2.11. The molecule has 0 unspecified atom stereocenters. The van der Waals surface area contributed by atoms with Crippen molar-refractivity contribution in [3.05, 3.63) is 36.0 Å². The summed E-state index contributed by atoms with van der Waals surface area (Å²) < 4.78 is 0. The molecule has 106 valence electrons. The number of nitrogens with one attached hydrogen (secondary N) is 3. The predicted molar refractivity (Wildman–Crippen MR) is 78.5 cm³/mol. The van der Waals surface area contributed by atoms with Gasteiger partial charge in [0.2, 0.25) is 5.91 Å². The minimum atomic E-state index is -0.516. The van der Waals surface area contributed by atoms with E-state index in [1.807, 2.05) is 30.5 Å². The van der Waals surface area contributed by atoms with Crippen molar-refractivity contribution in [3.8, 4) is 0 Å². The van der Waals surface area contributed by atoms with E-state index in [4.69, 9.17) is 0 Å². The van der Waals surface area contributed by atoms with Gasteiger partial charge in [0.05, 0.1) is 12.1 Å². The first-order valence-electron chi connectivity index (χ1n) is 6.63. The Morgan fingerprint density at radius 3 is 2.85 bits per heavy atom. The van der Waals surface area contributed by atoms with Gasteiger partial charge in [-0.25, -0.2) is 0 Å². The number of benzene rings is 1. The van der Waals surface area contributed by atoms with Crippen molar-refractivity contribution in [2.24, 2.45) is 0 Å². The lowest BCUT2D eigenvalue weighted by Crippen LogP contribution is -2.46. The molecule has 5 nitrogen and oxygen atoms in total. The summed E-state index contributed by atoms with van der Waals surface area (Å²) in [7, 11) is 1.71. The fourth-order valence-corrected chi connectivity index (χ4v) is 2.11. The molecule has 0 saturated carbocycles. The van der Waals surface area contributed by atoms with E-state index in [1.54, 1.807) is 14.0 Å². The van der Waals surface area contributed by atoms with Gasteiger partial charge in [0, 0.05) is 23.5 Å². The molecule has 0 aliphatic carbocycles. The average Bonchev–Trinajstić information content (AvgIpc) is 2.88. The number of hydrogen-bond donors (Lipinski definition) is 3. The Balaban J connectivity index is 2.10. The van der Waals surface area contributed by atoms with Crippen LogP contribution in [0.25, 0.3) is 10.9 Å². The molecular formula is C15H19N3O2. The third-order valence-corrected chi connectivity index (χ3v) is 3.43. The molecule has 0 bridgehead atoms. The van der Waals surface area contributed by atoms with Gasteiger partial charge < -0.3 is 20.4 Å². The van der Waals surface area contributed by atoms with Crippen molar-refractivity contribution in [2.45, 2.75) is 25.4 Å². The Kier molecular flexibility index (Phi) is 4.53. The topological polar surface area (TPSA) is 74.0 Å². The summed E-state index contributed by atoms with van der Waals surface area (Å²) in [4.78, 5) is 26.1. The molecule has 2 atom stereocenters. The molecule has 0 saturated heterocycles. The SMILES string of the molecule is CN[C@@H](C)C(=O)N[C@H](C=O)Cc1c[nH]c2ccccc12. The standard InChI is InChI=1S/C15H19N3O2/c1-10(16-2)15(20)18-12(9-19)7-11-8-17-14-6-4-3-5-13(11)14/h3-6,8-10,12,16-17H,7H2,1-2H3,(H,18,20)/t10-,12-/m0/s1. The van der Waals surface area contributed by atoms with E-state index in [2.05, 4.69) is 15.6 Å². The molecule has 2 rings (SSSR count). The summed E-state index contributed by atoms with van der Waals surface area (Å²) in [6, 6.07) is 7.06. The van der Waals surface area contributed by atoms with Crippen LogP contribution in [0, 0.1) is 0 Å². The van der Waals surface area contributed by atoms with Crippen LogP contribution in [0.5, 0.6) is 0 Å². The van der Waals surface area contributed by atoms with Crippen LogP contribution < -0.4 is 10.6 Å². The monoisotopic (exact) mass is 273 g/mol. The third-order valence-electron chi connectivity index (χ3n) is 3.43. The molecule has 5 heteroatoms. The van der Waals surface area contributed by atoms with Crippen LogP contribution in [-0.2, 0) is 16.0 Å². The van der Waals surface area contributed by atoms with Gasteiger partial charge in [-0.1, -0.05) is 18.2 Å². The summed E-state index contributed by atoms with van der Waals surface area (Å²) in [5.41, 5.74) is 2.05. The van der Waals surface area contributed by atoms with Crippen molar-refractivity contribution in [1.82, 2.24) is 15.6 Å². The summed E-state index contributed by atoms with van der Waals surface area (Å²) in [6.07, 6.45) is 3.15. The largest absolute Gasteiger partial charge is 0.361 e. The lowest BCUT2D eigenvalue weighted by atomic mass is 10.1. The van der Waals surface area contributed by atoms with Crippen LogP contribution in [0.15, 0.2) is 30.5 Å². The van der Waals surface area contributed by atoms with Gasteiger partial charge >= 0.3 is 0 Å². The minimum Gasteiger partial charge on any atom is -0.361 e. The van der Waals surface area contributed by atoms with Crippen LogP contribution in [-0.4, -0.2) is 36.3 Å². The molecule has 0 spiro atoms. The first-order valence-corrected chi connectivity index (χ1v) is 6.63. The maximum Gasteiger partial charge on any atom is 0.237 e. The van der Waals surface area contributed by atoms with E-state index in [0.29, 0.717) is 6.42 Å². The quantitative estimate of drug-likeness (QED) is 0.687. The molecule has 0 aliphatic rings.